The van der Waals surface area contributed by atoms with Crippen LogP contribution in [0.2, 0.25) is 0 Å². The minimum Gasteiger partial charge on any atom is -0.382 e. The second-order valence-electron chi connectivity index (χ2n) is 5.92. The van der Waals surface area contributed by atoms with Crippen LogP contribution in [0.1, 0.15) is 33.4 Å². The summed E-state index contributed by atoms with van der Waals surface area (Å²) >= 11 is 0. The minimum atomic E-state index is -1.11. The lowest BCUT2D eigenvalue weighted by Gasteiger charge is -2.31. The average Bonchev–Trinajstić information content (AvgIpc) is 2.86. The maximum atomic E-state index is 12.6. The van der Waals surface area contributed by atoms with E-state index in [0.717, 1.165) is 22.6 Å². The number of aliphatic hydroxyl groups is 1. The maximum Gasteiger partial charge on any atom is 0.196 e. The van der Waals surface area contributed by atoms with Crippen LogP contribution < -0.4 is 5.32 Å². The topological polar surface area (TPSA) is 66.6 Å². The zero-order chi connectivity index (χ0) is 16.1. The van der Waals surface area contributed by atoms with Crippen LogP contribution in [0.5, 0.6) is 0 Å². The van der Waals surface area contributed by atoms with E-state index in [4.69, 9.17) is 0 Å². The molecule has 2 atom stereocenters. The molecule has 0 radical (unpaired) electrons. The number of aryl methyl sites for hydroxylation is 2. The molecule has 1 aliphatic heterocycles. The van der Waals surface area contributed by atoms with Gasteiger partial charge in [-0.05, 0) is 25.5 Å². The normalized spacial score (nSPS) is 20.4. The number of hydrogen-bond donors (Lipinski definition) is 2. The van der Waals surface area contributed by atoms with Crippen LogP contribution in [-0.2, 0) is 0 Å². The summed E-state index contributed by atoms with van der Waals surface area (Å²) in [5.74, 6) is -0.270. The largest absolute Gasteiger partial charge is 0.382 e. The van der Waals surface area contributed by atoms with Gasteiger partial charge >= 0.3 is 0 Å². The Hall–Kier alpha value is -2.66. The Morgan fingerprint density at radius 3 is 2.65 bits per heavy atom. The van der Waals surface area contributed by atoms with E-state index >= 15 is 0 Å². The second-order valence-corrected chi connectivity index (χ2v) is 5.92. The van der Waals surface area contributed by atoms with Gasteiger partial charge in [-0.2, -0.15) is 0 Å². The monoisotopic (exact) mass is 307 g/mol. The summed E-state index contributed by atoms with van der Waals surface area (Å²) in [6.45, 7) is 3.94. The molecule has 0 saturated carbocycles. The van der Waals surface area contributed by atoms with Crippen LogP contribution >= 0.6 is 0 Å². The van der Waals surface area contributed by atoms with Gasteiger partial charge in [-0.3, -0.25) is 4.79 Å². The van der Waals surface area contributed by atoms with Crippen molar-refractivity contribution in [2.45, 2.75) is 26.0 Å². The SMILES string of the molecule is Cc1nc2c3c(ccn2c1C)C(=O)[C@@H](O)[C@@H](c1ccccc1)N3. The molecule has 0 unspecified atom stereocenters. The van der Waals surface area contributed by atoms with Crippen molar-refractivity contribution in [1.82, 2.24) is 9.38 Å². The number of pyridine rings is 1. The summed E-state index contributed by atoms with van der Waals surface area (Å²) in [4.78, 5) is 17.2. The van der Waals surface area contributed by atoms with Crippen LogP contribution in [0.25, 0.3) is 5.65 Å². The van der Waals surface area contributed by atoms with Crippen molar-refractivity contribution in [2.75, 3.05) is 5.32 Å². The van der Waals surface area contributed by atoms with Crippen molar-refractivity contribution >= 4 is 17.1 Å². The summed E-state index contributed by atoms with van der Waals surface area (Å²) in [6, 6.07) is 10.8. The number of anilines is 1. The molecule has 3 heterocycles. The Morgan fingerprint density at radius 2 is 1.91 bits per heavy atom. The first kappa shape index (κ1) is 14.0. The first-order valence-corrected chi connectivity index (χ1v) is 7.60. The van der Waals surface area contributed by atoms with Gasteiger partial charge in [0.1, 0.15) is 6.10 Å². The molecule has 116 valence electrons. The molecule has 0 aliphatic carbocycles. The highest BCUT2D eigenvalue weighted by Crippen LogP contribution is 2.35. The highest BCUT2D eigenvalue weighted by Gasteiger charge is 2.36. The van der Waals surface area contributed by atoms with E-state index in [0.29, 0.717) is 11.3 Å². The summed E-state index contributed by atoms with van der Waals surface area (Å²) in [7, 11) is 0. The molecule has 0 amide bonds. The number of Topliss-reactive ketones (excluding diaryl/α,β-unsaturated/α-hetero) is 1. The van der Waals surface area contributed by atoms with Gasteiger partial charge in [0.15, 0.2) is 11.4 Å². The Bertz CT molecular complexity index is 915. The van der Waals surface area contributed by atoms with Crippen LogP contribution in [-0.4, -0.2) is 26.4 Å². The number of imidazole rings is 1. The van der Waals surface area contributed by atoms with Gasteiger partial charge in [0.2, 0.25) is 0 Å². The Morgan fingerprint density at radius 1 is 1.17 bits per heavy atom. The molecule has 3 aromatic rings. The van der Waals surface area contributed by atoms with Crippen LogP contribution in [0, 0.1) is 13.8 Å². The summed E-state index contributed by atoms with van der Waals surface area (Å²) in [5.41, 5.74) is 4.74. The third-order valence-corrected chi connectivity index (χ3v) is 4.58. The lowest BCUT2D eigenvalue weighted by atomic mass is 9.90. The molecule has 23 heavy (non-hydrogen) atoms. The number of benzene rings is 1. The smallest absolute Gasteiger partial charge is 0.196 e. The van der Waals surface area contributed by atoms with Gasteiger partial charge in [-0.25, -0.2) is 4.98 Å². The van der Waals surface area contributed by atoms with Crippen molar-refractivity contribution in [1.29, 1.82) is 0 Å². The number of carbonyl (C=O) groups is 1. The maximum absolute atomic E-state index is 12.6. The number of aliphatic hydroxyl groups excluding tert-OH is 1. The van der Waals surface area contributed by atoms with Crippen LogP contribution in [0.15, 0.2) is 42.6 Å². The molecule has 5 nitrogen and oxygen atoms in total. The molecule has 4 rings (SSSR count). The van der Waals surface area contributed by atoms with Crippen molar-refractivity contribution in [2.24, 2.45) is 0 Å². The summed E-state index contributed by atoms with van der Waals surface area (Å²) in [5, 5.41) is 13.8. The third kappa shape index (κ3) is 1.97. The van der Waals surface area contributed by atoms with Crippen LogP contribution in [0.4, 0.5) is 5.69 Å². The number of ketones is 1. The van der Waals surface area contributed by atoms with Gasteiger partial charge < -0.3 is 14.8 Å². The van der Waals surface area contributed by atoms with Gasteiger partial charge in [-0.1, -0.05) is 30.3 Å². The predicted molar refractivity (Wildman–Crippen MR) is 87.8 cm³/mol. The highest BCUT2D eigenvalue weighted by atomic mass is 16.3. The second kappa shape index (κ2) is 4.93. The number of aromatic nitrogens is 2. The van der Waals surface area contributed by atoms with Crippen molar-refractivity contribution < 1.29 is 9.90 Å². The zero-order valence-electron chi connectivity index (χ0n) is 12.9. The molecule has 2 N–H and O–H groups in total. The Labute approximate surface area is 133 Å². The minimum absolute atomic E-state index is 0.270. The molecular formula is C18H17N3O2. The molecule has 0 bridgehead atoms. The third-order valence-electron chi connectivity index (χ3n) is 4.58. The van der Waals surface area contributed by atoms with Gasteiger partial charge in [-0.15, -0.1) is 0 Å². The van der Waals surface area contributed by atoms with Crippen LogP contribution in [0.3, 0.4) is 0 Å². The number of nitrogens with one attached hydrogen (secondary N) is 1. The first-order chi connectivity index (χ1) is 11.1. The van der Waals surface area contributed by atoms with Crippen molar-refractivity contribution in [3.8, 4) is 0 Å². The first-order valence-electron chi connectivity index (χ1n) is 7.60. The van der Waals surface area contributed by atoms with E-state index in [9.17, 15) is 9.90 Å². The molecule has 0 saturated heterocycles. The fourth-order valence-electron chi connectivity index (χ4n) is 3.16. The van der Waals surface area contributed by atoms with E-state index in [2.05, 4.69) is 10.3 Å². The average molecular weight is 307 g/mol. The number of nitrogens with zero attached hydrogens (tertiary/aromatic N) is 2. The fraction of sp³-hybridized carbons (Fsp3) is 0.222. The van der Waals surface area contributed by atoms with E-state index < -0.39 is 12.1 Å². The molecule has 1 aromatic carbocycles. The lowest BCUT2D eigenvalue weighted by Crippen LogP contribution is -2.38. The van der Waals surface area contributed by atoms with Gasteiger partial charge in [0.05, 0.1) is 17.4 Å². The zero-order valence-corrected chi connectivity index (χ0v) is 12.9. The number of hydrogen-bond acceptors (Lipinski definition) is 4. The standard InChI is InChI=1S/C18H17N3O2/c1-10-11(2)21-9-8-13-15(18(21)19-10)20-14(17(23)16(13)22)12-6-4-3-5-7-12/h3-9,14,17,20,23H,1-2H3/t14-,17+/m1/s1. The molecule has 0 fully saturated rings. The number of carbonyl (C=O) groups excluding carboxylic acids is 1. The van der Waals surface area contributed by atoms with E-state index in [-0.39, 0.29) is 5.78 Å². The predicted octanol–water partition coefficient (Wildman–Crippen LogP) is 2.66. The van der Waals surface area contributed by atoms with E-state index in [1.165, 1.54) is 0 Å². The fourth-order valence-corrected chi connectivity index (χ4v) is 3.16. The number of rotatable bonds is 1. The molecule has 5 heteroatoms. The van der Waals surface area contributed by atoms with E-state index in [1.807, 2.05) is 54.8 Å². The quantitative estimate of drug-likeness (QED) is 0.725. The highest BCUT2D eigenvalue weighted by molar-refractivity contribution is 6.09. The Balaban J connectivity index is 1.92. The molecule has 1 aliphatic rings. The Kier molecular flexibility index (Phi) is 2.99. The van der Waals surface area contributed by atoms with Crippen molar-refractivity contribution in [3.05, 3.63) is 65.1 Å². The summed E-state index contributed by atoms with van der Waals surface area (Å²) in [6.07, 6.45) is 0.725. The van der Waals surface area contributed by atoms with Crippen molar-refractivity contribution in [3.63, 3.8) is 0 Å². The van der Waals surface area contributed by atoms with Gasteiger partial charge in [0, 0.05) is 17.5 Å². The summed E-state index contributed by atoms with van der Waals surface area (Å²) < 4.78 is 1.97. The van der Waals surface area contributed by atoms with Gasteiger partial charge in [0.25, 0.3) is 0 Å². The molecule has 0 spiro atoms. The van der Waals surface area contributed by atoms with E-state index in [1.54, 1.807) is 6.07 Å². The lowest BCUT2D eigenvalue weighted by molar-refractivity contribution is 0.0695. The number of fused-ring (bicyclic) bond motifs is 3. The molecule has 2 aromatic heterocycles. The molecular weight excluding hydrogens is 290 g/mol.